The Labute approximate surface area is 59.6 Å². The molecule has 0 aromatic heterocycles. The second-order valence-electron chi connectivity index (χ2n) is 3.75. The summed E-state index contributed by atoms with van der Waals surface area (Å²) in [5.41, 5.74) is 0. The Morgan fingerprint density at radius 1 is 1.40 bits per heavy atom. The van der Waals surface area contributed by atoms with Crippen molar-refractivity contribution in [3.05, 3.63) is 0 Å². The second kappa shape index (κ2) is 1.45. The highest BCUT2D eigenvalue weighted by atomic mass is 16.5. The number of hydrogen-bond donors (Lipinski definition) is 0. The van der Waals surface area contributed by atoms with E-state index in [2.05, 4.69) is 0 Å². The number of Topliss-reactive ketones (excluding diaryl/α,β-unsaturated/α-hetero) is 1. The first-order chi connectivity index (χ1) is 4.86. The average molecular weight is 138 g/mol. The summed E-state index contributed by atoms with van der Waals surface area (Å²) in [5.74, 6) is 2.16. The van der Waals surface area contributed by atoms with E-state index in [-0.39, 0.29) is 6.10 Å². The Morgan fingerprint density at radius 3 is 3.00 bits per heavy atom. The van der Waals surface area contributed by atoms with Crippen molar-refractivity contribution in [3.63, 3.8) is 0 Å². The van der Waals surface area contributed by atoms with E-state index in [4.69, 9.17) is 4.74 Å². The summed E-state index contributed by atoms with van der Waals surface area (Å²) in [7, 11) is 0. The molecule has 0 amide bonds. The van der Waals surface area contributed by atoms with Gasteiger partial charge in [-0.05, 0) is 24.7 Å². The van der Waals surface area contributed by atoms with E-state index < -0.39 is 0 Å². The lowest BCUT2D eigenvalue weighted by Gasteiger charge is -2.13. The first-order valence-electron chi connectivity index (χ1n) is 4.01. The zero-order valence-corrected chi connectivity index (χ0v) is 5.75. The topological polar surface area (TPSA) is 26.3 Å². The summed E-state index contributed by atoms with van der Waals surface area (Å²) < 4.78 is 5.39. The summed E-state index contributed by atoms with van der Waals surface area (Å²) >= 11 is 0. The fourth-order valence-corrected chi connectivity index (χ4v) is 2.83. The van der Waals surface area contributed by atoms with Crippen LogP contribution in [0.25, 0.3) is 0 Å². The Bertz CT molecular complexity index is 197. The Balaban J connectivity index is 2.08. The molecule has 3 fully saturated rings. The molecule has 2 bridgehead atoms. The van der Waals surface area contributed by atoms with E-state index >= 15 is 0 Å². The lowest BCUT2D eigenvalue weighted by atomic mass is 9.90. The van der Waals surface area contributed by atoms with Gasteiger partial charge in [-0.15, -0.1) is 0 Å². The molecule has 3 rings (SSSR count). The molecule has 2 aliphatic carbocycles. The molecule has 1 aliphatic heterocycles. The molecule has 54 valence electrons. The van der Waals surface area contributed by atoms with Gasteiger partial charge in [0, 0.05) is 5.92 Å². The van der Waals surface area contributed by atoms with Gasteiger partial charge in [-0.25, -0.2) is 0 Å². The van der Waals surface area contributed by atoms with Gasteiger partial charge in [0.15, 0.2) is 5.78 Å². The van der Waals surface area contributed by atoms with E-state index in [1.165, 1.54) is 0 Å². The van der Waals surface area contributed by atoms with Gasteiger partial charge >= 0.3 is 0 Å². The Kier molecular flexibility index (Phi) is 0.768. The van der Waals surface area contributed by atoms with Crippen molar-refractivity contribution in [2.45, 2.75) is 18.9 Å². The SMILES string of the molecule is O=C1[C@H]2C[C@@H]3CO[C@@H]1[C@H]3C2. The minimum absolute atomic E-state index is 0.0312. The van der Waals surface area contributed by atoms with E-state index in [0.717, 1.165) is 25.4 Å². The monoisotopic (exact) mass is 138 g/mol. The lowest BCUT2D eigenvalue weighted by molar-refractivity contribution is -0.129. The van der Waals surface area contributed by atoms with E-state index in [9.17, 15) is 4.79 Å². The van der Waals surface area contributed by atoms with Crippen LogP contribution in [0, 0.1) is 17.8 Å². The van der Waals surface area contributed by atoms with E-state index in [0.29, 0.717) is 17.6 Å². The molecule has 3 aliphatic rings. The fraction of sp³-hybridized carbons (Fsp3) is 0.875. The molecular weight excluding hydrogens is 128 g/mol. The zero-order valence-electron chi connectivity index (χ0n) is 5.75. The van der Waals surface area contributed by atoms with E-state index in [1.54, 1.807) is 0 Å². The fourth-order valence-electron chi connectivity index (χ4n) is 2.83. The van der Waals surface area contributed by atoms with Gasteiger partial charge in [0.05, 0.1) is 6.61 Å². The number of carbonyl (C=O) groups excluding carboxylic acids is 1. The third-order valence-electron chi connectivity index (χ3n) is 3.31. The molecule has 0 N–H and O–H groups in total. The van der Waals surface area contributed by atoms with Crippen molar-refractivity contribution in [3.8, 4) is 0 Å². The molecule has 0 aromatic carbocycles. The molecule has 0 aromatic rings. The van der Waals surface area contributed by atoms with Crippen LogP contribution in [0.2, 0.25) is 0 Å². The number of ketones is 1. The van der Waals surface area contributed by atoms with Crippen LogP contribution < -0.4 is 0 Å². The van der Waals surface area contributed by atoms with Crippen molar-refractivity contribution in [2.75, 3.05) is 6.61 Å². The van der Waals surface area contributed by atoms with Crippen LogP contribution >= 0.6 is 0 Å². The summed E-state index contributed by atoms with van der Waals surface area (Å²) in [6.07, 6.45) is 2.29. The maximum Gasteiger partial charge on any atom is 0.164 e. The molecule has 2 saturated carbocycles. The standard InChI is InChI=1S/C8H10O2/c9-7-4-1-5-3-10-8(7)6(5)2-4/h4-6,8H,1-3H2/t4-,5+,6-,8+/m0/s1. The largest absolute Gasteiger partial charge is 0.370 e. The van der Waals surface area contributed by atoms with Crippen molar-refractivity contribution in [1.82, 2.24) is 0 Å². The first-order valence-corrected chi connectivity index (χ1v) is 4.01. The van der Waals surface area contributed by atoms with Gasteiger partial charge in [0.2, 0.25) is 0 Å². The van der Waals surface area contributed by atoms with Gasteiger partial charge in [0.25, 0.3) is 0 Å². The summed E-state index contributed by atoms with van der Waals surface area (Å²) in [4.78, 5) is 11.3. The predicted molar refractivity (Wildman–Crippen MR) is 34.5 cm³/mol. The first kappa shape index (κ1) is 5.30. The van der Waals surface area contributed by atoms with Crippen molar-refractivity contribution >= 4 is 5.78 Å². The van der Waals surface area contributed by atoms with Gasteiger partial charge in [-0.1, -0.05) is 0 Å². The van der Waals surface area contributed by atoms with Crippen molar-refractivity contribution in [1.29, 1.82) is 0 Å². The summed E-state index contributed by atoms with van der Waals surface area (Å²) in [5, 5.41) is 0. The second-order valence-corrected chi connectivity index (χ2v) is 3.75. The molecule has 0 radical (unpaired) electrons. The molecule has 10 heavy (non-hydrogen) atoms. The molecule has 2 nitrogen and oxygen atoms in total. The van der Waals surface area contributed by atoms with Crippen LogP contribution in [0.15, 0.2) is 0 Å². The molecule has 0 spiro atoms. The number of ether oxygens (including phenoxy) is 1. The molecule has 0 unspecified atom stereocenters. The predicted octanol–water partition coefficient (Wildman–Crippen LogP) is 0.610. The quantitative estimate of drug-likeness (QED) is 0.490. The van der Waals surface area contributed by atoms with Crippen molar-refractivity contribution < 1.29 is 9.53 Å². The number of rotatable bonds is 0. The maximum atomic E-state index is 11.3. The lowest BCUT2D eigenvalue weighted by Crippen LogP contribution is -2.26. The van der Waals surface area contributed by atoms with Crippen LogP contribution in [0.4, 0.5) is 0 Å². The average Bonchev–Trinajstić information content (AvgIpc) is 2.43. The molecular formula is C8H10O2. The minimum atomic E-state index is 0.0312. The van der Waals surface area contributed by atoms with E-state index in [1.807, 2.05) is 0 Å². The molecule has 1 saturated heterocycles. The minimum Gasteiger partial charge on any atom is -0.370 e. The Morgan fingerprint density at radius 2 is 2.30 bits per heavy atom. The normalized spacial score (nSPS) is 56.6. The van der Waals surface area contributed by atoms with Crippen molar-refractivity contribution in [2.24, 2.45) is 17.8 Å². The summed E-state index contributed by atoms with van der Waals surface area (Å²) in [6.45, 7) is 0.859. The summed E-state index contributed by atoms with van der Waals surface area (Å²) in [6, 6.07) is 0. The van der Waals surface area contributed by atoms with Crippen LogP contribution in [0.5, 0.6) is 0 Å². The molecule has 1 heterocycles. The Hall–Kier alpha value is -0.370. The van der Waals surface area contributed by atoms with Crippen LogP contribution in [0.3, 0.4) is 0 Å². The number of fused-ring (bicyclic) bond motifs is 1. The van der Waals surface area contributed by atoms with Crippen LogP contribution in [-0.4, -0.2) is 18.5 Å². The molecule has 4 atom stereocenters. The third kappa shape index (κ3) is 0.409. The third-order valence-corrected chi connectivity index (χ3v) is 3.31. The highest BCUT2D eigenvalue weighted by molar-refractivity contribution is 5.89. The number of carbonyl (C=O) groups is 1. The highest BCUT2D eigenvalue weighted by Gasteiger charge is 2.56. The van der Waals surface area contributed by atoms with Crippen LogP contribution in [0.1, 0.15) is 12.8 Å². The molecule has 2 heteroatoms. The number of hydrogen-bond acceptors (Lipinski definition) is 2. The maximum absolute atomic E-state index is 11.3. The smallest absolute Gasteiger partial charge is 0.164 e. The van der Waals surface area contributed by atoms with Crippen LogP contribution in [-0.2, 0) is 9.53 Å². The van der Waals surface area contributed by atoms with Gasteiger partial charge < -0.3 is 4.74 Å². The zero-order chi connectivity index (χ0) is 6.72. The van der Waals surface area contributed by atoms with Gasteiger partial charge in [-0.2, -0.15) is 0 Å². The van der Waals surface area contributed by atoms with Gasteiger partial charge in [-0.3, -0.25) is 4.79 Å². The highest BCUT2D eigenvalue weighted by Crippen LogP contribution is 2.51. The van der Waals surface area contributed by atoms with Gasteiger partial charge in [0.1, 0.15) is 6.10 Å².